The van der Waals surface area contributed by atoms with E-state index in [4.69, 9.17) is 21.1 Å². The van der Waals surface area contributed by atoms with Crippen LogP contribution in [-0.2, 0) is 14.3 Å². The molecule has 1 N–H and O–H groups in total. The summed E-state index contributed by atoms with van der Waals surface area (Å²) in [5.41, 5.74) is 1.53. The molecule has 0 saturated carbocycles. The second-order valence-electron chi connectivity index (χ2n) is 5.81. The first-order chi connectivity index (χ1) is 13.8. The molecule has 0 spiro atoms. The first-order valence-corrected chi connectivity index (χ1v) is 9.79. The van der Waals surface area contributed by atoms with Gasteiger partial charge in [0.05, 0.1) is 6.61 Å². The van der Waals surface area contributed by atoms with Crippen LogP contribution in [0.1, 0.15) is 18.1 Å². The van der Waals surface area contributed by atoms with Crippen LogP contribution in [0.3, 0.4) is 0 Å². The van der Waals surface area contributed by atoms with Crippen molar-refractivity contribution in [2.24, 2.45) is 0 Å². The van der Waals surface area contributed by atoms with Crippen LogP contribution >= 0.6 is 27.5 Å². The molecule has 0 heterocycles. The third-order valence-electron chi connectivity index (χ3n) is 3.80. The molecule has 0 atom stereocenters. The molecule has 0 radical (unpaired) electrons. The highest BCUT2D eigenvalue weighted by molar-refractivity contribution is 9.10. The number of hydrogen-bond acceptors (Lipinski definition) is 5. The van der Waals surface area contributed by atoms with Gasteiger partial charge in [-0.2, -0.15) is 5.26 Å². The molecule has 0 saturated heterocycles. The standard InChI is InChI=1S/C21H18BrClN2O4/c1-3-28-20(26)12-29-19-8-7-16(22)10-14(19)9-15(11-24)21(27)25-18-6-4-5-17(23)13(18)2/h4-10H,3,12H2,1-2H3,(H,25,27)/b15-9-. The van der Waals surface area contributed by atoms with E-state index in [0.29, 0.717) is 27.6 Å². The van der Waals surface area contributed by atoms with Crippen LogP contribution in [-0.4, -0.2) is 25.1 Å². The molecule has 150 valence electrons. The van der Waals surface area contributed by atoms with Crippen LogP contribution in [0.2, 0.25) is 5.02 Å². The molecule has 0 aliphatic rings. The van der Waals surface area contributed by atoms with Crippen molar-refractivity contribution < 1.29 is 19.1 Å². The van der Waals surface area contributed by atoms with Gasteiger partial charge in [-0.25, -0.2) is 4.79 Å². The lowest BCUT2D eigenvalue weighted by Crippen LogP contribution is -2.15. The van der Waals surface area contributed by atoms with Crippen molar-refractivity contribution in [3.8, 4) is 11.8 Å². The van der Waals surface area contributed by atoms with Gasteiger partial charge < -0.3 is 14.8 Å². The Morgan fingerprint density at radius 1 is 1.31 bits per heavy atom. The number of hydrogen-bond donors (Lipinski definition) is 1. The van der Waals surface area contributed by atoms with Gasteiger partial charge in [-0.1, -0.05) is 33.6 Å². The lowest BCUT2D eigenvalue weighted by molar-refractivity contribution is -0.145. The minimum Gasteiger partial charge on any atom is -0.481 e. The molecule has 0 bridgehead atoms. The number of amides is 1. The summed E-state index contributed by atoms with van der Waals surface area (Å²) in [7, 11) is 0. The second-order valence-corrected chi connectivity index (χ2v) is 7.14. The fourth-order valence-electron chi connectivity index (χ4n) is 2.34. The van der Waals surface area contributed by atoms with Crippen LogP contribution in [0.5, 0.6) is 5.75 Å². The maximum absolute atomic E-state index is 12.6. The van der Waals surface area contributed by atoms with Crippen LogP contribution in [0.25, 0.3) is 6.08 Å². The summed E-state index contributed by atoms with van der Waals surface area (Å²) in [6.45, 7) is 3.43. The number of rotatable bonds is 7. The SMILES string of the molecule is CCOC(=O)COc1ccc(Br)cc1/C=C(/C#N)C(=O)Nc1cccc(Cl)c1C. The number of halogens is 2. The second kappa shape index (κ2) is 10.6. The molecule has 8 heteroatoms. The lowest BCUT2D eigenvalue weighted by Gasteiger charge is -2.11. The summed E-state index contributed by atoms with van der Waals surface area (Å²) in [5, 5.41) is 12.7. The topological polar surface area (TPSA) is 88.4 Å². The van der Waals surface area contributed by atoms with Crippen LogP contribution in [0.15, 0.2) is 46.4 Å². The molecule has 0 aliphatic carbocycles. The fourth-order valence-corrected chi connectivity index (χ4v) is 2.89. The number of nitrogens with one attached hydrogen (secondary N) is 1. The molecule has 29 heavy (non-hydrogen) atoms. The Balaban J connectivity index is 2.28. The number of ether oxygens (including phenoxy) is 2. The Morgan fingerprint density at radius 2 is 2.07 bits per heavy atom. The van der Waals surface area contributed by atoms with E-state index in [-0.39, 0.29) is 18.8 Å². The largest absolute Gasteiger partial charge is 0.481 e. The molecule has 0 unspecified atom stereocenters. The van der Waals surface area contributed by atoms with Gasteiger partial charge in [0.15, 0.2) is 6.61 Å². The maximum atomic E-state index is 12.6. The van der Waals surface area contributed by atoms with Crippen molar-refractivity contribution >= 4 is 51.2 Å². The van der Waals surface area contributed by atoms with Crippen molar-refractivity contribution in [2.45, 2.75) is 13.8 Å². The lowest BCUT2D eigenvalue weighted by atomic mass is 10.1. The van der Waals surface area contributed by atoms with Gasteiger partial charge in [0.25, 0.3) is 5.91 Å². The molecule has 1 amide bonds. The van der Waals surface area contributed by atoms with Gasteiger partial charge in [-0.05, 0) is 55.8 Å². The number of esters is 1. The first kappa shape index (κ1) is 22.5. The van der Waals surface area contributed by atoms with E-state index < -0.39 is 11.9 Å². The van der Waals surface area contributed by atoms with Crippen molar-refractivity contribution in [1.82, 2.24) is 0 Å². The minimum absolute atomic E-state index is 0.136. The molecule has 2 aromatic rings. The Morgan fingerprint density at radius 3 is 2.76 bits per heavy atom. The molecule has 2 rings (SSSR count). The maximum Gasteiger partial charge on any atom is 0.344 e. The molecular weight excluding hydrogens is 460 g/mol. The van der Waals surface area contributed by atoms with E-state index in [2.05, 4.69) is 21.2 Å². The van der Waals surface area contributed by atoms with Crippen molar-refractivity contribution in [3.05, 3.63) is 62.6 Å². The van der Waals surface area contributed by atoms with E-state index in [1.165, 1.54) is 6.08 Å². The van der Waals surface area contributed by atoms with Gasteiger partial charge in [0.2, 0.25) is 0 Å². The van der Waals surface area contributed by atoms with Gasteiger partial charge >= 0.3 is 5.97 Å². The minimum atomic E-state index is -0.589. The van der Waals surface area contributed by atoms with Crippen molar-refractivity contribution in [2.75, 3.05) is 18.5 Å². The molecular formula is C21H18BrClN2O4. The van der Waals surface area contributed by atoms with E-state index >= 15 is 0 Å². The average Bonchev–Trinajstić information content (AvgIpc) is 2.69. The highest BCUT2D eigenvalue weighted by atomic mass is 79.9. The van der Waals surface area contributed by atoms with Crippen molar-refractivity contribution in [3.63, 3.8) is 0 Å². The Hall–Kier alpha value is -2.82. The Labute approximate surface area is 182 Å². The zero-order valence-electron chi connectivity index (χ0n) is 15.8. The smallest absolute Gasteiger partial charge is 0.344 e. The zero-order chi connectivity index (χ0) is 21.4. The van der Waals surface area contributed by atoms with Crippen LogP contribution in [0, 0.1) is 18.3 Å². The van der Waals surface area contributed by atoms with E-state index in [9.17, 15) is 14.9 Å². The van der Waals surface area contributed by atoms with Gasteiger partial charge in [-0.3, -0.25) is 4.79 Å². The molecule has 6 nitrogen and oxygen atoms in total. The van der Waals surface area contributed by atoms with E-state index in [1.54, 1.807) is 50.2 Å². The van der Waals surface area contributed by atoms with Gasteiger partial charge in [0, 0.05) is 20.7 Å². The number of benzene rings is 2. The third-order valence-corrected chi connectivity index (χ3v) is 4.71. The number of carbonyl (C=O) groups excluding carboxylic acids is 2. The number of carbonyl (C=O) groups is 2. The molecule has 0 aromatic heterocycles. The van der Waals surface area contributed by atoms with Crippen LogP contribution < -0.4 is 10.1 Å². The van der Waals surface area contributed by atoms with E-state index in [0.717, 1.165) is 4.47 Å². The summed E-state index contributed by atoms with van der Waals surface area (Å²) in [6, 6.07) is 12.0. The summed E-state index contributed by atoms with van der Waals surface area (Å²) < 4.78 is 11.0. The average molecular weight is 478 g/mol. The number of nitrogens with zero attached hydrogens (tertiary/aromatic N) is 1. The third kappa shape index (κ3) is 6.34. The highest BCUT2D eigenvalue weighted by Gasteiger charge is 2.14. The van der Waals surface area contributed by atoms with Crippen molar-refractivity contribution in [1.29, 1.82) is 5.26 Å². The molecule has 0 fully saturated rings. The molecule has 0 aliphatic heterocycles. The normalized spacial score (nSPS) is 10.8. The van der Waals surface area contributed by atoms with Gasteiger partial charge in [0.1, 0.15) is 17.4 Å². The zero-order valence-corrected chi connectivity index (χ0v) is 18.1. The summed E-state index contributed by atoms with van der Waals surface area (Å²) in [6.07, 6.45) is 1.39. The molecule has 2 aromatic carbocycles. The van der Waals surface area contributed by atoms with Gasteiger partial charge in [-0.15, -0.1) is 0 Å². The summed E-state index contributed by atoms with van der Waals surface area (Å²) >= 11 is 9.42. The predicted octanol–water partition coefficient (Wildman–Crippen LogP) is 4.90. The summed E-state index contributed by atoms with van der Waals surface area (Å²) in [5.74, 6) is -0.769. The number of nitriles is 1. The summed E-state index contributed by atoms with van der Waals surface area (Å²) in [4.78, 5) is 24.1. The van der Waals surface area contributed by atoms with E-state index in [1.807, 2.05) is 6.07 Å². The van der Waals surface area contributed by atoms with Crippen LogP contribution in [0.4, 0.5) is 5.69 Å². The quantitative estimate of drug-likeness (QED) is 0.348. The first-order valence-electron chi connectivity index (χ1n) is 8.62. The highest BCUT2D eigenvalue weighted by Crippen LogP contribution is 2.27. The Kier molecular flexibility index (Phi) is 8.25. The monoisotopic (exact) mass is 476 g/mol. The number of anilines is 1. The predicted molar refractivity (Wildman–Crippen MR) is 115 cm³/mol. The Bertz CT molecular complexity index is 999. The fraction of sp³-hybridized carbons (Fsp3) is 0.190.